The zero-order chi connectivity index (χ0) is 17.7. The summed E-state index contributed by atoms with van der Waals surface area (Å²) in [5, 5.41) is 2.23. The smallest absolute Gasteiger partial charge is 0.216 e. The highest BCUT2D eigenvalue weighted by Crippen LogP contribution is 2.38. The van der Waals surface area contributed by atoms with Crippen molar-refractivity contribution in [3.63, 3.8) is 0 Å². The van der Waals surface area contributed by atoms with Gasteiger partial charge in [-0.1, -0.05) is 26.0 Å². The van der Waals surface area contributed by atoms with Gasteiger partial charge in [0.1, 0.15) is 18.2 Å². The maximum atomic E-state index is 6.45. The molecule has 0 amide bonds. The number of hydrogen-bond donors (Lipinski definition) is 0. The lowest BCUT2D eigenvalue weighted by Gasteiger charge is -2.06. The van der Waals surface area contributed by atoms with Crippen LogP contribution < -0.4 is 4.57 Å². The van der Waals surface area contributed by atoms with Crippen molar-refractivity contribution in [1.82, 2.24) is 4.98 Å². The van der Waals surface area contributed by atoms with Crippen LogP contribution >= 0.6 is 0 Å². The normalized spacial score (nSPS) is 11.8. The van der Waals surface area contributed by atoms with Gasteiger partial charge in [-0.25, -0.2) is 4.57 Å². The molecule has 4 aromatic rings. The van der Waals surface area contributed by atoms with Crippen molar-refractivity contribution in [2.75, 3.05) is 0 Å². The summed E-state index contributed by atoms with van der Waals surface area (Å²) >= 11 is 0. The Labute approximate surface area is 147 Å². The third-order valence-electron chi connectivity index (χ3n) is 4.97. The number of pyridine rings is 2. The van der Waals surface area contributed by atoms with E-state index in [4.69, 9.17) is 4.42 Å². The van der Waals surface area contributed by atoms with Gasteiger partial charge in [0.15, 0.2) is 6.20 Å². The quantitative estimate of drug-likeness (QED) is 0.472. The van der Waals surface area contributed by atoms with E-state index in [0.717, 1.165) is 33.1 Å². The van der Waals surface area contributed by atoms with Crippen molar-refractivity contribution in [1.29, 1.82) is 0 Å². The van der Waals surface area contributed by atoms with Crippen LogP contribution in [0.3, 0.4) is 0 Å². The first kappa shape index (κ1) is 15.8. The Kier molecular flexibility index (Phi) is 3.60. The van der Waals surface area contributed by atoms with Crippen LogP contribution in [0.1, 0.15) is 36.5 Å². The van der Waals surface area contributed by atoms with Crippen molar-refractivity contribution in [2.24, 2.45) is 7.05 Å². The van der Waals surface area contributed by atoms with Gasteiger partial charge in [-0.2, -0.15) is 0 Å². The van der Waals surface area contributed by atoms with E-state index in [1.54, 1.807) is 0 Å². The van der Waals surface area contributed by atoms with Crippen LogP contribution in [0.2, 0.25) is 0 Å². The Hall–Kier alpha value is -2.68. The van der Waals surface area contributed by atoms with E-state index < -0.39 is 0 Å². The molecule has 0 spiro atoms. The fraction of sp³-hybridized carbons (Fsp3) is 0.273. The average molecular weight is 331 g/mol. The SMILES string of the molecule is Cc1cc[n+](C)c(-c2c(C)ccc3c2oc2c(C(C)C)cncc23)c1. The highest BCUT2D eigenvalue weighted by atomic mass is 16.3. The van der Waals surface area contributed by atoms with Gasteiger partial charge in [0, 0.05) is 40.9 Å². The summed E-state index contributed by atoms with van der Waals surface area (Å²) in [5.74, 6) is 0.372. The van der Waals surface area contributed by atoms with Crippen LogP contribution in [0.4, 0.5) is 0 Å². The molecule has 4 rings (SSSR count). The van der Waals surface area contributed by atoms with Crippen molar-refractivity contribution in [3.8, 4) is 11.3 Å². The zero-order valence-electron chi connectivity index (χ0n) is 15.4. The first-order valence-electron chi connectivity index (χ1n) is 8.73. The van der Waals surface area contributed by atoms with E-state index >= 15 is 0 Å². The highest BCUT2D eigenvalue weighted by molar-refractivity contribution is 6.10. The third kappa shape index (κ3) is 2.42. The minimum absolute atomic E-state index is 0.372. The minimum atomic E-state index is 0.372. The number of fused-ring (bicyclic) bond motifs is 3. The van der Waals surface area contributed by atoms with Crippen molar-refractivity contribution < 1.29 is 8.98 Å². The molecule has 0 bridgehead atoms. The van der Waals surface area contributed by atoms with Gasteiger partial charge in [-0.15, -0.1) is 0 Å². The molecule has 3 heterocycles. The maximum Gasteiger partial charge on any atom is 0.216 e. The molecule has 0 radical (unpaired) electrons. The number of aromatic nitrogens is 2. The standard InChI is InChI=1S/C22H23N2O/c1-13(2)17-11-23-12-18-16-7-6-15(4)20(22(16)25-21(17)18)19-10-14(3)8-9-24(19)5/h6-13H,1-5H3/q+1. The monoisotopic (exact) mass is 331 g/mol. The van der Waals surface area contributed by atoms with E-state index in [1.807, 2.05) is 12.4 Å². The van der Waals surface area contributed by atoms with Gasteiger partial charge in [0.2, 0.25) is 5.69 Å². The number of furan rings is 1. The number of benzene rings is 1. The molecule has 0 saturated carbocycles. The Morgan fingerprint density at radius 1 is 1.00 bits per heavy atom. The van der Waals surface area contributed by atoms with E-state index in [1.165, 1.54) is 16.8 Å². The predicted octanol–water partition coefficient (Wildman–Crippen LogP) is 5.21. The molecule has 126 valence electrons. The Balaban J connectivity index is 2.15. The van der Waals surface area contributed by atoms with Gasteiger partial charge in [0.25, 0.3) is 0 Å². The molecule has 0 aliphatic rings. The zero-order valence-corrected chi connectivity index (χ0v) is 15.4. The van der Waals surface area contributed by atoms with Gasteiger partial charge in [0.05, 0.1) is 5.56 Å². The Morgan fingerprint density at radius 3 is 2.56 bits per heavy atom. The minimum Gasteiger partial charge on any atom is -0.455 e. The molecule has 25 heavy (non-hydrogen) atoms. The highest BCUT2D eigenvalue weighted by Gasteiger charge is 2.22. The van der Waals surface area contributed by atoms with Crippen molar-refractivity contribution >= 4 is 21.9 Å². The number of rotatable bonds is 2. The first-order chi connectivity index (χ1) is 12.0. The van der Waals surface area contributed by atoms with Crippen LogP contribution in [0.25, 0.3) is 33.2 Å². The van der Waals surface area contributed by atoms with Gasteiger partial charge < -0.3 is 4.42 Å². The van der Waals surface area contributed by atoms with Gasteiger partial charge in [-0.3, -0.25) is 4.98 Å². The molecular formula is C22H23N2O+. The van der Waals surface area contributed by atoms with Crippen LogP contribution in [0.15, 0.2) is 47.3 Å². The molecule has 0 unspecified atom stereocenters. The molecule has 0 N–H and O–H groups in total. The Bertz CT molecular complexity index is 1110. The second-order valence-electron chi connectivity index (χ2n) is 7.20. The average Bonchev–Trinajstić information content (AvgIpc) is 2.95. The first-order valence-corrected chi connectivity index (χ1v) is 8.73. The maximum absolute atomic E-state index is 6.45. The predicted molar refractivity (Wildman–Crippen MR) is 102 cm³/mol. The summed E-state index contributed by atoms with van der Waals surface area (Å²) in [4.78, 5) is 4.45. The van der Waals surface area contributed by atoms with Gasteiger partial charge in [-0.05, 0) is 30.9 Å². The fourth-order valence-corrected chi connectivity index (χ4v) is 3.53. The molecular weight excluding hydrogens is 308 g/mol. The van der Waals surface area contributed by atoms with Crippen LogP contribution in [0, 0.1) is 13.8 Å². The second-order valence-corrected chi connectivity index (χ2v) is 7.20. The van der Waals surface area contributed by atoms with E-state index in [-0.39, 0.29) is 0 Å². The molecule has 1 aromatic carbocycles. The molecule has 0 aliphatic heterocycles. The number of nitrogens with zero attached hydrogens (tertiary/aromatic N) is 2. The van der Waals surface area contributed by atoms with Gasteiger partial charge >= 0.3 is 0 Å². The molecule has 0 saturated heterocycles. The third-order valence-corrected chi connectivity index (χ3v) is 4.97. The molecule has 3 aromatic heterocycles. The summed E-state index contributed by atoms with van der Waals surface area (Å²) in [6.07, 6.45) is 5.95. The number of hydrogen-bond acceptors (Lipinski definition) is 2. The molecule has 3 heteroatoms. The fourth-order valence-electron chi connectivity index (χ4n) is 3.53. The van der Waals surface area contributed by atoms with Crippen LogP contribution in [-0.2, 0) is 7.05 Å². The van der Waals surface area contributed by atoms with E-state index in [9.17, 15) is 0 Å². The lowest BCUT2D eigenvalue weighted by Crippen LogP contribution is -2.30. The molecule has 0 fully saturated rings. The van der Waals surface area contributed by atoms with E-state index in [0.29, 0.717) is 5.92 Å². The van der Waals surface area contributed by atoms with Crippen molar-refractivity contribution in [3.05, 3.63) is 59.5 Å². The van der Waals surface area contributed by atoms with E-state index in [2.05, 4.69) is 74.8 Å². The molecule has 0 atom stereocenters. The lowest BCUT2D eigenvalue weighted by atomic mass is 9.99. The molecule has 3 nitrogen and oxygen atoms in total. The molecule has 0 aliphatic carbocycles. The summed E-state index contributed by atoms with van der Waals surface area (Å²) in [5.41, 5.74) is 7.85. The number of aryl methyl sites for hydroxylation is 3. The summed E-state index contributed by atoms with van der Waals surface area (Å²) in [6, 6.07) is 8.67. The summed E-state index contributed by atoms with van der Waals surface area (Å²) in [6.45, 7) is 8.62. The lowest BCUT2D eigenvalue weighted by molar-refractivity contribution is -0.660. The summed E-state index contributed by atoms with van der Waals surface area (Å²) < 4.78 is 8.61. The van der Waals surface area contributed by atoms with Crippen molar-refractivity contribution in [2.45, 2.75) is 33.6 Å². The van der Waals surface area contributed by atoms with Crippen LogP contribution in [0.5, 0.6) is 0 Å². The Morgan fingerprint density at radius 2 is 1.80 bits per heavy atom. The topological polar surface area (TPSA) is 29.9 Å². The largest absolute Gasteiger partial charge is 0.455 e. The second kappa shape index (κ2) is 5.69. The summed E-state index contributed by atoms with van der Waals surface area (Å²) in [7, 11) is 2.08. The van der Waals surface area contributed by atoms with Crippen LogP contribution in [-0.4, -0.2) is 4.98 Å².